The molecule has 1 amide bonds. The maximum absolute atomic E-state index is 11.7. The van der Waals surface area contributed by atoms with Crippen molar-refractivity contribution in [1.29, 1.82) is 0 Å². The van der Waals surface area contributed by atoms with Gasteiger partial charge in [0.15, 0.2) is 5.84 Å². The van der Waals surface area contributed by atoms with Gasteiger partial charge in [-0.05, 0) is 25.1 Å². The lowest BCUT2D eigenvalue weighted by Crippen LogP contribution is -2.32. The molecule has 0 bridgehead atoms. The van der Waals surface area contributed by atoms with E-state index in [1.54, 1.807) is 18.2 Å². The van der Waals surface area contributed by atoms with Gasteiger partial charge in [0.25, 0.3) is 0 Å². The van der Waals surface area contributed by atoms with E-state index in [4.69, 9.17) is 22.5 Å². The Bertz CT molecular complexity index is 465. The zero-order valence-corrected chi connectivity index (χ0v) is 11.3. The maximum Gasteiger partial charge on any atom is 0.234 e. The van der Waals surface area contributed by atoms with Crippen LogP contribution in [-0.4, -0.2) is 17.0 Å². The van der Waals surface area contributed by atoms with Gasteiger partial charge in [-0.25, -0.2) is 0 Å². The molecule has 0 aliphatic carbocycles. The van der Waals surface area contributed by atoms with Gasteiger partial charge in [0.2, 0.25) is 5.91 Å². The van der Waals surface area contributed by atoms with Crippen molar-refractivity contribution >= 4 is 45.0 Å². The van der Waals surface area contributed by atoms with Crippen LogP contribution in [0.1, 0.15) is 6.92 Å². The lowest BCUT2D eigenvalue weighted by molar-refractivity contribution is -0.117. The largest absolute Gasteiger partial charge is 0.409 e. The smallest absolute Gasteiger partial charge is 0.234 e. The maximum atomic E-state index is 11.7. The Morgan fingerprint density at radius 2 is 2.29 bits per heavy atom. The lowest BCUT2D eigenvalue weighted by atomic mass is 10.1. The summed E-state index contributed by atoms with van der Waals surface area (Å²) in [6, 6.07) is 5.06. The summed E-state index contributed by atoms with van der Waals surface area (Å²) >= 11 is 9.19. The summed E-state index contributed by atoms with van der Waals surface area (Å²) in [4.78, 5) is 11.7. The van der Waals surface area contributed by atoms with E-state index in [0.717, 1.165) is 4.47 Å². The summed E-state index contributed by atoms with van der Waals surface area (Å²) in [7, 11) is 0. The first-order chi connectivity index (χ1) is 7.95. The first kappa shape index (κ1) is 13.8. The third-order valence-corrected chi connectivity index (χ3v) is 2.95. The number of halogens is 2. The molecule has 1 aromatic rings. The number of oxime groups is 1. The molecule has 92 valence electrons. The number of amidine groups is 1. The van der Waals surface area contributed by atoms with E-state index in [1.165, 1.54) is 6.92 Å². The number of anilines is 1. The Morgan fingerprint density at radius 1 is 1.65 bits per heavy atom. The summed E-state index contributed by atoms with van der Waals surface area (Å²) in [5.74, 6) is -1.29. The zero-order valence-electron chi connectivity index (χ0n) is 8.95. The molecule has 5 nitrogen and oxygen atoms in total. The average molecular weight is 321 g/mol. The Balaban J connectivity index is 2.81. The molecule has 0 heterocycles. The van der Waals surface area contributed by atoms with E-state index in [1.807, 2.05) is 0 Å². The van der Waals surface area contributed by atoms with Gasteiger partial charge in [0.1, 0.15) is 0 Å². The van der Waals surface area contributed by atoms with E-state index in [2.05, 4.69) is 26.4 Å². The van der Waals surface area contributed by atoms with Crippen LogP contribution < -0.4 is 11.1 Å². The summed E-state index contributed by atoms with van der Waals surface area (Å²) in [6.07, 6.45) is 0. The van der Waals surface area contributed by atoms with E-state index >= 15 is 0 Å². The van der Waals surface area contributed by atoms with Crippen LogP contribution in [0.5, 0.6) is 0 Å². The standard InChI is InChI=1S/C10H11BrClN3O2/c1-5(9(13)15-17)10(16)14-8-3-2-6(11)4-7(8)12/h2-5,17H,1H3,(H2,13,15)(H,14,16). The molecule has 7 heteroatoms. The Hall–Kier alpha value is -1.27. The second-order valence-electron chi connectivity index (χ2n) is 3.36. The second-order valence-corrected chi connectivity index (χ2v) is 4.68. The van der Waals surface area contributed by atoms with Crippen molar-refractivity contribution in [2.45, 2.75) is 6.92 Å². The molecule has 0 fully saturated rings. The molecule has 17 heavy (non-hydrogen) atoms. The predicted octanol–water partition coefficient (Wildman–Crippen LogP) is 2.42. The average Bonchev–Trinajstić information content (AvgIpc) is 2.30. The lowest BCUT2D eigenvalue weighted by Gasteiger charge is -2.11. The van der Waals surface area contributed by atoms with Gasteiger partial charge >= 0.3 is 0 Å². The van der Waals surface area contributed by atoms with Crippen LogP contribution in [0.3, 0.4) is 0 Å². The van der Waals surface area contributed by atoms with Crippen molar-refractivity contribution in [3.63, 3.8) is 0 Å². The first-order valence-corrected chi connectivity index (χ1v) is 5.86. The van der Waals surface area contributed by atoms with E-state index in [9.17, 15) is 4.79 Å². The number of nitrogens with one attached hydrogen (secondary N) is 1. The van der Waals surface area contributed by atoms with Crippen LogP contribution in [-0.2, 0) is 4.79 Å². The number of hydrogen-bond acceptors (Lipinski definition) is 3. The van der Waals surface area contributed by atoms with Crippen LogP contribution >= 0.6 is 27.5 Å². The molecule has 0 aliphatic rings. The van der Waals surface area contributed by atoms with Crippen molar-refractivity contribution < 1.29 is 10.0 Å². The Labute approximate surface area is 112 Å². The highest BCUT2D eigenvalue weighted by molar-refractivity contribution is 9.10. The molecular weight excluding hydrogens is 309 g/mol. The van der Waals surface area contributed by atoms with E-state index < -0.39 is 11.8 Å². The fraction of sp³-hybridized carbons (Fsp3) is 0.200. The minimum absolute atomic E-state index is 0.157. The number of benzene rings is 1. The highest BCUT2D eigenvalue weighted by Gasteiger charge is 2.18. The summed E-state index contributed by atoms with van der Waals surface area (Å²) < 4.78 is 0.810. The third-order valence-electron chi connectivity index (χ3n) is 2.14. The predicted molar refractivity (Wildman–Crippen MR) is 70.4 cm³/mol. The van der Waals surface area contributed by atoms with Gasteiger partial charge in [0, 0.05) is 4.47 Å². The van der Waals surface area contributed by atoms with Crippen molar-refractivity contribution in [2.75, 3.05) is 5.32 Å². The Kier molecular flexibility index (Phi) is 4.77. The topological polar surface area (TPSA) is 87.7 Å². The molecule has 0 saturated carbocycles. The SMILES string of the molecule is CC(C(=O)Nc1ccc(Br)cc1Cl)/C(N)=N/O. The molecule has 1 atom stereocenters. The second kappa shape index (κ2) is 5.88. The molecule has 0 aromatic heterocycles. The van der Waals surface area contributed by atoms with Gasteiger partial charge in [-0.2, -0.15) is 0 Å². The summed E-state index contributed by atoms with van der Waals surface area (Å²) in [6.45, 7) is 1.52. The van der Waals surface area contributed by atoms with Crippen LogP contribution in [0.4, 0.5) is 5.69 Å². The monoisotopic (exact) mass is 319 g/mol. The van der Waals surface area contributed by atoms with Gasteiger partial charge in [-0.1, -0.05) is 32.7 Å². The molecule has 0 spiro atoms. The van der Waals surface area contributed by atoms with Crippen LogP contribution in [0.15, 0.2) is 27.8 Å². The third kappa shape index (κ3) is 3.61. The highest BCUT2D eigenvalue weighted by Crippen LogP contribution is 2.25. The Morgan fingerprint density at radius 3 is 2.82 bits per heavy atom. The van der Waals surface area contributed by atoms with E-state index in [-0.39, 0.29) is 5.84 Å². The quantitative estimate of drug-likeness (QED) is 0.346. The van der Waals surface area contributed by atoms with Crippen molar-refractivity contribution in [2.24, 2.45) is 16.8 Å². The number of nitrogens with two attached hydrogens (primary N) is 1. The summed E-state index contributed by atoms with van der Waals surface area (Å²) in [5.41, 5.74) is 5.80. The van der Waals surface area contributed by atoms with Crippen LogP contribution in [0, 0.1) is 5.92 Å². The van der Waals surface area contributed by atoms with Gasteiger partial charge < -0.3 is 16.3 Å². The fourth-order valence-electron chi connectivity index (χ4n) is 1.05. The first-order valence-electron chi connectivity index (χ1n) is 4.69. The van der Waals surface area contributed by atoms with Gasteiger partial charge in [-0.3, -0.25) is 4.79 Å². The van der Waals surface area contributed by atoms with Crippen molar-refractivity contribution in [3.8, 4) is 0 Å². The normalized spacial score (nSPS) is 13.2. The molecule has 1 unspecified atom stereocenters. The molecule has 4 N–H and O–H groups in total. The fourth-order valence-corrected chi connectivity index (χ4v) is 1.77. The van der Waals surface area contributed by atoms with Crippen LogP contribution in [0.25, 0.3) is 0 Å². The summed E-state index contributed by atoms with van der Waals surface area (Å²) in [5, 5.41) is 14.2. The molecule has 0 saturated heterocycles. The molecule has 0 radical (unpaired) electrons. The number of nitrogens with zero attached hydrogens (tertiary/aromatic N) is 1. The minimum Gasteiger partial charge on any atom is -0.409 e. The highest BCUT2D eigenvalue weighted by atomic mass is 79.9. The number of hydrogen-bond donors (Lipinski definition) is 3. The van der Waals surface area contributed by atoms with Crippen LogP contribution in [0.2, 0.25) is 5.02 Å². The van der Waals surface area contributed by atoms with E-state index in [0.29, 0.717) is 10.7 Å². The van der Waals surface area contributed by atoms with Gasteiger partial charge in [-0.15, -0.1) is 0 Å². The molecular formula is C10H11BrClN3O2. The number of carbonyl (C=O) groups is 1. The van der Waals surface area contributed by atoms with Crippen molar-refractivity contribution in [3.05, 3.63) is 27.7 Å². The number of amides is 1. The minimum atomic E-state index is -0.736. The zero-order chi connectivity index (χ0) is 13.0. The molecule has 1 rings (SSSR count). The molecule has 0 aliphatic heterocycles. The van der Waals surface area contributed by atoms with Gasteiger partial charge in [0.05, 0.1) is 16.6 Å². The van der Waals surface area contributed by atoms with Crippen molar-refractivity contribution in [1.82, 2.24) is 0 Å². The number of rotatable bonds is 3. The molecule has 1 aromatic carbocycles. The number of carbonyl (C=O) groups excluding carboxylic acids is 1.